The van der Waals surface area contributed by atoms with Gasteiger partial charge in [0.15, 0.2) is 23.3 Å². The fourth-order valence-electron chi connectivity index (χ4n) is 6.94. The van der Waals surface area contributed by atoms with E-state index in [2.05, 4.69) is 0 Å². The summed E-state index contributed by atoms with van der Waals surface area (Å²) < 4.78 is 206. The molecule has 0 N–H and O–H groups in total. The second kappa shape index (κ2) is 14.4. The molecule has 6 aromatic carbocycles. The lowest BCUT2D eigenvalue weighted by Crippen LogP contribution is -2.19. The zero-order chi connectivity index (χ0) is 41.1. The van der Waals surface area contributed by atoms with Crippen molar-refractivity contribution in [2.45, 2.75) is 38.8 Å². The summed E-state index contributed by atoms with van der Waals surface area (Å²) in [6, 6.07) is 18.8. The third kappa shape index (κ3) is 7.12. The van der Waals surface area contributed by atoms with E-state index >= 15 is 22.0 Å². The summed E-state index contributed by atoms with van der Waals surface area (Å²) in [4.78, 5) is 0. The van der Waals surface area contributed by atoms with Crippen LogP contribution in [0, 0.1) is 42.9 Å². The fraction of sp³-hybridized carbons (Fsp3) is 0.143. The van der Waals surface area contributed by atoms with E-state index in [0.29, 0.717) is 23.8 Å². The average Bonchev–Trinajstić information content (AvgIpc) is 3.14. The SMILES string of the molecule is Cc1c(-c2cccc(-c3cccc(C(F)(F)F)c3C(F)(F)F)c2C(F)(F)F)cc(-c2c(F)c(F)c(F)c(F)c2F)c(-c2ccccc2Cc2ccccc2)c1C. The quantitative estimate of drug-likeness (QED) is 0.0895. The van der Waals surface area contributed by atoms with Crippen LogP contribution in [0.4, 0.5) is 61.5 Å². The van der Waals surface area contributed by atoms with Crippen molar-refractivity contribution in [2.24, 2.45) is 0 Å². The highest BCUT2D eigenvalue weighted by molar-refractivity contribution is 5.94. The van der Waals surface area contributed by atoms with Crippen LogP contribution in [0.25, 0.3) is 44.5 Å². The second-order valence-electron chi connectivity index (χ2n) is 12.8. The van der Waals surface area contributed by atoms with Gasteiger partial charge >= 0.3 is 18.5 Å². The molecule has 0 aliphatic carbocycles. The van der Waals surface area contributed by atoms with Gasteiger partial charge in [-0.1, -0.05) is 84.9 Å². The molecule has 0 aliphatic heterocycles. The highest BCUT2D eigenvalue weighted by Gasteiger charge is 2.47. The van der Waals surface area contributed by atoms with Crippen molar-refractivity contribution >= 4 is 0 Å². The lowest BCUT2D eigenvalue weighted by Gasteiger charge is -2.25. The van der Waals surface area contributed by atoms with Crippen LogP contribution >= 0.6 is 0 Å². The predicted octanol–water partition coefficient (Wildman–Crippen LogP) is 14.3. The monoisotopic (exact) mass is 794 g/mol. The van der Waals surface area contributed by atoms with Crippen LogP contribution in [0.3, 0.4) is 0 Å². The molecule has 0 spiro atoms. The van der Waals surface area contributed by atoms with Gasteiger partial charge in [0.25, 0.3) is 0 Å². The molecule has 56 heavy (non-hydrogen) atoms. The van der Waals surface area contributed by atoms with E-state index in [1.807, 2.05) is 0 Å². The number of rotatable bonds is 6. The Kier molecular flexibility index (Phi) is 10.3. The van der Waals surface area contributed by atoms with Crippen LogP contribution < -0.4 is 0 Å². The van der Waals surface area contributed by atoms with Crippen molar-refractivity contribution in [3.05, 3.63) is 165 Å². The smallest absolute Gasteiger partial charge is 0.203 e. The van der Waals surface area contributed by atoms with Crippen LogP contribution in [0.1, 0.15) is 38.9 Å². The van der Waals surface area contributed by atoms with E-state index in [1.54, 1.807) is 42.5 Å². The Hall–Kier alpha value is -5.66. The molecule has 0 unspecified atom stereocenters. The van der Waals surface area contributed by atoms with Gasteiger partial charge in [0.2, 0.25) is 5.82 Å². The second-order valence-corrected chi connectivity index (χ2v) is 12.8. The number of benzene rings is 6. The average molecular weight is 795 g/mol. The minimum absolute atomic E-state index is 0.0180. The molecular formula is C42H24F14. The molecule has 0 heterocycles. The van der Waals surface area contributed by atoms with Crippen molar-refractivity contribution in [3.8, 4) is 44.5 Å². The van der Waals surface area contributed by atoms with Crippen LogP contribution in [0.2, 0.25) is 0 Å². The Balaban J connectivity index is 1.76. The first kappa shape index (κ1) is 40.0. The fourth-order valence-corrected chi connectivity index (χ4v) is 6.94. The Morgan fingerprint density at radius 2 is 0.857 bits per heavy atom. The van der Waals surface area contributed by atoms with Crippen molar-refractivity contribution in [3.63, 3.8) is 0 Å². The summed E-state index contributed by atoms with van der Waals surface area (Å²) in [7, 11) is 0. The van der Waals surface area contributed by atoms with E-state index < -0.39 is 97.7 Å². The molecule has 0 fully saturated rings. The Labute approximate surface area is 309 Å². The first-order chi connectivity index (χ1) is 26.1. The maximum Gasteiger partial charge on any atom is 0.417 e. The Morgan fingerprint density at radius 3 is 1.41 bits per heavy atom. The molecule has 14 heteroatoms. The first-order valence-electron chi connectivity index (χ1n) is 16.4. The van der Waals surface area contributed by atoms with Crippen molar-refractivity contribution in [1.82, 2.24) is 0 Å². The van der Waals surface area contributed by atoms with Gasteiger partial charge in [-0.3, -0.25) is 0 Å². The van der Waals surface area contributed by atoms with Crippen LogP contribution in [0.15, 0.2) is 97.1 Å². The molecule has 6 aromatic rings. The Bertz CT molecular complexity index is 2440. The molecule has 0 nitrogen and oxygen atoms in total. The molecule has 0 aromatic heterocycles. The van der Waals surface area contributed by atoms with E-state index in [9.17, 15) is 39.5 Å². The van der Waals surface area contributed by atoms with Gasteiger partial charge in [0, 0.05) is 0 Å². The van der Waals surface area contributed by atoms with Gasteiger partial charge in [0.1, 0.15) is 0 Å². The maximum atomic E-state index is 15.7. The van der Waals surface area contributed by atoms with Gasteiger partial charge < -0.3 is 0 Å². The predicted molar refractivity (Wildman–Crippen MR) is 182 cm³/mol. The van der Waals surface area contributed by atoms with Gasteiger partial charge in [0.05, 0.1) is 22.3 Å². The third-order valence-corrected chi connectivity index (χ3v) is 9.48. The molecule has 0 saturated heterocycles. The molecule has 0 radical (unpaired) electrons. The summed E-state index contributed by atoms with van der Waals surface area (Å²) in [6.45, 7) is 2.59. The molecular weight excluding hydrogens is 770 g/mol. The minimum Gasteiger partial charge on any atom is -0.203 e. The molecule has 0 bridgehead atoms. The summed E-state index contributed by atoms with van der Waals surface area (Å²) >= 11 is 0. The number of hydrogen-bond acceptors (Lipinski definition) is 0. The summed E-state index contributed by atoms with van der Waals surface area (Å²) in [5.74, 6) is -11.9. The topological polar surface area (TPSA) is 0 Å². The van der Waals surface area contributed by atoms with Gasteiger partial charge in [-0.05, 0) is 93.6 Å². The molecule has 0 saturated carbocycles. The van der Waals surface area contributed by atoms with E-state index in [1.165, 1.54) is 26.0 Å². The van der Waals surface area contributed by atoms with Gasteiger partial charge in [-0.2, -0.15) is 39.5 Å². The van der Waals surface area contributed by atoms with Gasteiger partial charge in [-0.15, -0.1) is 0 Å². The zero-order valence-electron chi connectivity index (χ0n) is 28.7. The van der Waals surface area contributed by atoms with Crippen LogP contribution in [0.5, 0.6) is 0 Å². The van der Waals surface area contributed by atoms with E-state index in [-0.39, 0.29) is 34.7 Å². The van der Waals surface area contributed by atoms with Crippen molar-refractivity contribution in [2.75, 3.05) is 0 Å². The zero-order valence-corrected chi connectivity index (χ0v) is 28.7. The van der Waals surface area contributed by atoms with E-state index in [0.717, 1.165) is 23.8 Å². The number of alkyl halides is 9. The molecule has 0 aliphatic rings. The van der Waals surface area contributed by atoms with Crippen LogP contribution in [-0.4, -0.2) is 0 Å². The van der Waals surface area contributed by atoms with Crippen molar-refractivity contribution in [1.29, 1.82) is 0 Å². The van der Waals surface area contributed by atoms with Crippen molar-refractivity contribution < 1.29 is 61.5 Å². The molecule has 0 amide bonds. The van der Waals surface area contributed by atoms with Crippen LogP contribution in [-0.2, 0) is 24.9 Å². The minimum atomic E-state index is -5.80. The first-order valence-corrected chi connectivity index (χ1v) is 16.4. The molecule has 290 valence electrons. The lowest BCUT2D eigenvalue weighted by atomic mass is 9.80. The third-order valence-electron chi connectivity index (χ3n) is 9.48. The maximum absolute atomic E-state index is 15.7. The molecule has 0 atom stereocenters. The van der Waals surface area contributed by atoms with Gasteiger partial charge in [-0.25, -0.2) is 22.0 Å². The number of hydrogen-bond donors (Lipinski definition) is 0. The summed E-state index contributed by atoms with van der Waals surface area (Å²) in [5, 5.41) is 0. The summed E-state index contributed by atoms with van der Waals surface area (Å²) in [6.07, 6.45) is -16.9. The highest BCUT2D eigenvalue weighted by atomic mass is 19.4. The largest absolute Gasteiger partial charge is 0.417 e. The number of halogens is 14. The summed E-state index contributed by atoms with van der Waals surface area (Å²) in [5.41, 5.74) is -11.9. The standard InChI is InChI=1S/C42H24F14/c1-20-21(2)31(24-13-7-6-12-23(24)18-22-10-4-3-5-11-22)29(32-35(43)37(45)39(47)38(46)36(32)44)19-28(20)27-15-8-14-25(33(27)41(51,52)53)26-16-9-17-30(40(48,49)50)34(26)42(54,55)56/h3-17,19H,18H2,1-2H3. The highest BCUT2D eigenvalue weighted by Crippen LogP contribution is 2.52. The molecule has 6 rings (SSSR count). The lowest BCUT2D eigenvalue weighted by molar-refractivity contribution is -0.161. The van der Waals surface area contributed by atoms with E-state index in [4.69, 9.17) is 0 Å². The Morgan fingerprint density at radius 1 is 0.393 bits per heavy atom. The normalized spacial score (nSPS) is 12.4.